The molecule has 0 spiro atoms. The summed E-state index contributed by atoms with van der Waals surface area (Å²) in [5, 5.41) is 22.7. The predicted molar refractivity (Wildman–Crippen MR) is 80.0 cm³/mol. The fraction of sp³-hybridized carbons (Fsp3) is 0.0769. The van der Waals surface area contributed by atoms with Crippen LogP contribution >= 0.6 is 15.9 Å². The highest BCUT2D eigenvalue weighted by Gasteiger charge is 2.18. The van der Waals surface area contributed by atoms with Gasteiger partial charge in [-0.3, -0.25) is 10.1 Å². The number of carboxylic acid groups (broad SMARTS) is 1. The van der Waals surface area contributed by atoms with Gasteiger partial charge in [0, 0.05) is 16.2 Å². The second-order valence-electron chi connectivity index (χ2n) is 4.22. The molecule has 2 rings (SSSR count). The van der Waals surface area contributed by atoms with Gasteiger partial charge < -0.3 is 10.4 Å². The molecular formula is C13H10BrN3O4. The van der Waals surface area contributed by atoms with Crippen molar-refractivity contribution in [2.75, 3.05) is 5.32 Å². The first-order valence-corrected chi connectivity index (χ1v) is 6.59. The van der Waals surface area contributed by atoms with Crippen molar-refractivity contribution in [1.82, 2.24) is 4.98 Å². The van der Waals surface area contributed by atoms with Crippen LogP contribution in [0.1, 0.15) is 16.1 Å². The summed E-state index contributed by atoms with van der Waals surface area (Å²) in [6, 6.07) is 7.46. The van der Waals surface area contributed by atoms with Crippen LogP contribution < -0.4 is 5.32 Å². The molecule has 2 N–H and O–H groups in total. The minimum atomic E-state index is -1.25. The molecule has 0 aliphatic rings. The highest BCUT2D eigenvalue weighted by Crippen LogP contribution is 2.27. The third-order valence-corrected chi connectivity index (χ3v) is 3.60. The summed E-state index contributed by atoms with van der Waals surface area (Å²) < 4.78 is 0.898. The second kappa shape index (κ2) is 5.88. The van der Waals surface area contributed by atoms with E-state index < -0.39 is 10.9 Å². The second-order valence-corrected chi connectivity index (χ2v) is 5.07. The highest BCUT2D eigenvalue weighted by atomic mass is 79.9. The van der Waals surface area contributed by atoms with Crippen molar-refractivity contribution in [3.8, 4) is 0 Å². The smallest absolute Gasteiger partial charge is 0.354 e. The van der Waals surface area contributed by atoms with Crippen molar-refractivity contribution in [2.45, 2.75) is 6.92 Å². The molecule has 0 aliphatic carbocycles. The lowest BCUT2D eigenvalue weighted by molar-refractivity contribution is -0.384. The minimum Gasteiger partial charge on any atom is -0.477 e. The number of aromatic nitrogens is 1. The normalized spacial score (nSPS) is 10.2. The van der Waals surface area contributed by atoms with Crippen molar-refractivity contribution in [3.63, 3.8) is 0 Å². The maximum Gasteiger partial charge on any atom is 0.354 e. The molecule has 0 unspecified atom stereocenters. The monoisotopic (exact) mass is 351 g/mol. The number of carbonyl (C=O) groups is 1. The van der Waals surface area contributed by atoms with Gasteiger partial charge in [-0.15, -0.1) is 0 Å². The molecular weight excluding hydrogens is 342 g/mol. The van der Waals surface area contributed by atoms with E-state index in [1.165, 1.54) is 0 Å². The summed E-state index contributed by atoms with van der Waals surface area (Å²) in [7, 11) is 0. The number of rotatable bonds is 4. The van der Waals surface area contributed by atoms with E-state index in [1.807, 2.05) is 6.92 Å². The van der Waals surface area contributed by atoms with Crippen molar-refractivity contribution in [3.05, 3.63) is 56.2 Å². The first-order valence-electron chi connectivity index (χ1n) is 5.80. The van der Waals surface area contributed by atoms with Gasteiger partial charge in [-0.05, 0) is 36.8 Å². The first-order chi connectivity index (χ1) is 9.88. The molecule has 7 nitrogen and oxygen atoms in total. The lowest BCUT2D eigenvalue weighted by Crippen LogP contribution is -2.06. The number of halogens is 1. The van der Waals surface area contributed by atoms with Gasteiger partial charge in [-0.25, -0.2) is 9.78 Å². The number of carboxylic acids is 1. The third kappa shape index (κ3) is 3.34. The Balaban J connectivity index is 2.45. The van der Waals surface area contributed by atoms with E-state index in [2.05, 4.69) is 26.2 Å². The van der Waals surface area contributed by atoms with Gasteiger partial charge in [0.05, 0.1) is 4.92 Å². The molecule has 0 saturated heterocycles. The van der Waals surface area contributed by atoms with Crippen molar-refractivity contribution in [2.24, 2.45) is 0 Å². The quantitative estimate of drug-likeness (QED) is 0.644. The van der Waals surface area contributed by atoms with Gasteiger partial charge in [0.15, 0.2) is 5.69 Å². The summed E-state index contributed by atoms with van der Waals surface area (Å²) in [5.74, 6) is -1.36. The van der Waals surface area contributed by atoms with Crippen LogP contribution in [0.25, 0.3) is 0 Å². The number of benzene rings is 1. The molecule has 0 atom stereocenters. The molecule has 108 valence electrons. The lowest BCUT2D eigenvalue weighted by Gasteiger charge is -2.08. The number of anilines is 2. The van der Waals surface area contributed by atoms with Gasteiger partial charge in [-0.1, -0.05) is 15.9 Å². The van der Waals surface area contributed by atoms with Crippen molar-refractivity contribution in [1.29, 1.82) is 0 Å². The van der Waals surface area contributed by atoms with Crippen LogP contribution in [0.4, 0.5) is 17.2 Å². The van der Waals surface area contributed by atoms with Crippen LogP contribution in [-0.2, 0) is 0 Å². The number of aryl methyl sites for hydroxylation is 1. The van der Waals surface area contributed by atoms with Gasteiger partial charge in [0.25, 0.3) is 0 Å². The van der Waals surface area contributed by atoms with E-state index in [9.17, 15) is 14.9 Å². The van der Waals surface area contributed by atoms with Gasteiger partial charge in [0.2, 0.25) is 5.82 Å². The number of nitrogens with zero attached hydrogens (tertiary/aromatic N) is 2. The van der Waals surface area contributed by atoms with E-state index in [-0.39, 0.29) is 17.2 Å². The summed E-state index contributed by atoms with van der Waals surface area (Å²) in [6.07, 6.45) is 0. The van der Waals surface area contributed by atoms with E-state index >= 15 is 0 Å². The van der Waals surface area contributed by atoms with Gasteiger partial charge in [-0.2, -0.15) is 0 Å². The average Bonchev–Trinajstić information content (AvgIpc) is 2.42. The minimum absolute atomic E-state index is 0.110. The Labute approximate surface area is 127 Å². The largest absolute Gasteiger partial charge is 0.477 e. The molecule has 0 fully saturated rings. The van der Waals surface area contributed by atoms with E-state index in [4.69, 9.17) is 5.11 Å². The van der Waals surface area contributed by atoms with E-state index in [0.717, 1.165) is 22.2 Å². The van der Waals surface area contributed by atoms with Crippen LogP contribution in [0.2, 0.25) is 0 Å². The summed E-state index contributed by atoms with van der Waals surface area (Å²) >= 11 is 3.35. The maximum atomic E-state index is 11.0. The zero-order chi connectivity index (χ0) is 15.6. The number of hydrogen-bond donors (Lipinski definition) is 2. The number of nitrogens with one attached hydrogen (secondary N) is 1. The Bertz CT molecular complexity index is 733. The maximum absolute atomic E-state index is 11.0. The average molecular weight is 352 g/mol. The molecule has 1 aromatic heterocycles. The molecule has 0 amide bonds. The van der Waals surface area contributed by atoms with E-state index in [0.29, 0.717) is 5.69 Å². The predicted octanol–water partition coefficient (Wildman–Crippen LogP) is 3.50. The number of pyridine rings is 1. The zero-order valence-corrected chi connectivity index (χ0v) is 12.4. The molecule has 0 aliphatic heterocycles. The van der Waals surface area contributed by atoms with Crippen molar-refractivity contribution < 1.29 is 14.8 Å². The van der Waals surface area contributed by atoms with Crippen molar-refractivity contribution >= 4 is 39.1 Å². The Morgan fingerprint density at radius 1 is 1.38 bits per heavy atom. The molecule has 1 aromatic carbocycles. The Morgan fingerprint density at radius 2 is 2.10 bits per heavy atom. The molecule has 0 bridgehead atoms. The van der Waals surface area contributed by atoms with Crippen LogP contribution in [-0.4, -0.2) is 21.0 Å². The third-order valence-electron chi connectivity index (χ3n) is 2.71. The molecule has 0 saturated carbocycles. The summed E-state index contributed by atoms with van der Waals surface area (Å²) in [6.45, 7) is 1.87. The molecule has 0 radical (unpaired) electrons. The lowest BCUT2D eigenvalue weighted by atomic mass is 10.2. The van der Waals surface area contributed by atoms with E-state index in [1.54, 1.807) is 18.2 Å². The van der Waals surface area contributed by atoms with Gasteiger partial charge in [0.1, 0.15) is 0 Å². The highest BCUT2D eigenvalue weighted by molar-refractivity contribution is 9.10. The number of hydrogen-bond acceptors (Lipinski definition) is 5. The Hall–Kier alpha value is -2.48. The topological polar surface area (TPSA) is 105 Å². The summed E-state index contributed by atoms with van der Waals surface area (Å²) in [4.78, 5) is 25.1. The SMILES string of the molecule is Cc1cc(Nc2nc(C(=O)O)ccc2[N+](=O)[O-])ccc1Br. The molecule has 8 heteroatoms. The van der Waals surface area contributed by atoms with Crippen LogP contribution in [0.15, 0.2) is 34.8 Å². The Kier molecular flexibility index (Phi) is 4.18. The molecule has 21 heavy (non-hydrogen) atoms. The molecule has 1 heterocycles. The molecule has 2 aromatic rings. The van der Waals surface area contributed by atoms with Gasteiger partial charge >= 0.3 is 11.7 Å². The first kappa shape index (κ1) is 14.9. The zero-order valence-electron chi connectivity index (χ0n) is 10.8. The fourth-order valence-corrected chi connectivity index (χ4v) is 1.92. The van der Waals surface area contributed by atoms with Crippen LogP contribution in [0, 0.1) is 17.0 Å². The number of nitro groups is 1. The van der Waals surface area contributed by atoms with Crippen LogP contribution in [0.5, 0.6) is 0 Å². The van der Waals surface area contributed by atoms with Crippen LogP contribution in [0.3, 0.4) is 0 Å². The Morgan fingerprint density at radius 3 is 2.67 bits per heavy atom. The standard InChI is InChI=1S/C13H10BrN3O4/c1-7-6-8(2-3-9(7)14)15-12-11(17(20)21)5-4-10(16-12)13(18)19/h2-6H,1H3,(H,15,16)(H,18,19). The summed E-state index contributed by atoms with van der Waals surface area (Å²) in [5.41, 5.74) is 0.948. The fourth-order valence-electron chi connectivity index (χ4n) is 1.67. The number of aromatic carboxylic acids is 1.